The van der Waals surface area contributed by atoms with Crippen molar-refractivity contribution >= 4 is 43.9 Å². The fourth-order valence-electron chi connectivity index (χ4n) is 3.86. The Kier molecular flexibility index (Phi) is 6.76. The molecule has 0 radical (unpaired) electrons. The van der Waals surface area contributed by atoms with Gasteiger partial charge in [0.2, 0.25) is 15.9 Å². The average Bonchev–Trinajstić information content (AvgIpc) is 3.06. The van der Waals surface area contributed by atoms with Gasteiger partial charge in [0.05, 0.1) is 24.6 Å². The minimum Gasteiger partial charge on any atom is -0.465 e. The number of nitrogens with zero attached hydrogens (tertiary/aromatic N) is 1. The summed E-state index contributed by atoms with van der Waals surface area (Å²) in [4.78, 5) is 26.6. The largest absolute Gasteiger partial charge is 0.465 e. The highest BCUT2D eigenvalue weighted by molar-refractivity contribution is 7.92. The molecule has 9 heteroatoms. The first-order chi connectivity index (χ1) is 14.5. The quantitative estimate of drug-likeness (QED) is 0.656. The fraction of sp³-hybridized carbons (Fsp3) is 0.455. The van der Waals surface area contributed by atoms with E-state index in [0.29, 0.717) is 16.3 Å². The van der Waals surface area contributed by atoms with E-state index in [1.54, 1.807) is 12.1 Å². The van der Waals surface area contributed by atoms with E-state index in [0.717, 1.165) is 57.8 Å². The minimum absolute atomic E-state index is 0.389. The van der Waals surface area contributed by atoms with E-state index < -0.39 is 27.9 Å². The van der Waals surface area contributed by atoms with Crippen LogP contribution in [0.2, 0.25) is 0 Å². The monoisotopic (exact) mass is 464 g/mol. The Morgan fingerprint density at radius 2 is 1.84 bits per heavy atom. The van der Waals surface area contributed by atoms with Crippen LogP contribution in [0.1, 0.15) is 51.7 Å². The van der Waals surface area contributed by atoms with Gasteiger partial charge in [0.15, 0.2) is 0 Å². The van der Waals surface area contributed by atoms with Gasteiger partial charge in [-0.2, -0.15) is 0 Å². The zero-order valence-corrected chi connectivity index (χ0v) is 20.1. The van der Waals surface area contributed by atoms with Gasteiger partial charge in [-0.15, -0.1) is 11.3 Å². The summed E-state index contributed by atoms with van der Waals surface area (Å²) in [6.45, 7) is 5.37. The Balaban J connectivity index is 1.95. The lowest BCUT2D eigenvalue weighted by molar-refractivity contribution is -0.116. The molecule has 1 N–H and O–H groups in total. The van der Waals surface area contributed by atoms with Crippen LogP contribution in [0.3, 0.4) is 0 Å². The summed E-state index contributed by atoms with van der Waals surface area (Å²) in [5.41, 5.74) is 3.70. The normalized spacial score (nSPS) is 14.5. The molecular weight excluding hydrogens is 436 g/mol. The molecule has 0 unspecified atom stereocenters. The predicted octanol–water partition coefficient (Wildman–Crippen LogP) is 3.82. The Morgan fingerprint density at radius 3 is 2.45 bits per heavy atom. The van der Waals surface area contributed by atoms with E-state index in [1.165, 1.54) is 25.4 Å². The highest BCUT2D eigenvalue weighted by atomic mass is 32.2. The third-order valence-electron chi connectivity index (χ3n) is 5.63. The van der Waals surface area contributed by atoms with Crippen LogP contribution in [0.25, 0.3) is 0 Å². The molecule has 0 fully saturated rings. The molecule has 7 nitrogen and oxygen atoms in total. The first-order valence-electron chi connectivity index (χ1n) is 10.1. The molecule has 0 spiro atoms. The van der Waals surface area contributed by atoms with Gasteiger partial charge >= 0.3 is 5.97 Å². The van der Waals surface area contributed by atoms with Crippen molar-refractivity contribution in [3.05, 3.63) is 45.3 Å². The zero-order chi connectivity index (χ0) is 22.9. The van der Waals surface area contributed by atoms with Gasteiger partial charge in [0, 0.05) is 4.88 Å². The molecule has 31 heavy (non-hydrogen) atoms. The number of aryl methyl sites for hydroxylation is 3. The van der Waals surface area contributed by atoms with E-state index in [1.807, 2.05) is 19.9 Å². The van der Waals surface area contributed by atoms with Gasteiger partial charge in [-0.05, 0) is 75.3 Å². The summed E-state index contributed by atoms with van der Waals surface area (Å²) in [5.74, 6) is -0.996. The van der Waals surface area contributed by atoms with Gasteiger partial charge in [-0.25, -0.2) is 13.2 Å². The van der Waals surface area contributed by atoms with E-state index in [4.69, 9.17) is 4.74 Å². The van der Waals surface area contributed by atoms with Gasteiger partial charge in [-0.3, -0.25) is 9.10 Å². The van der Waals surface area contributed by atoms with E-state index in [-0.39, 0.29) is 0 Å². The summed E-state index contributed by atoms with van der Waals surface area (Å²) in [6, 6.07) is 4.26. The van der Waals surface area contributed by atoms with Gasteiger partial charge in [0.25, 0.3) is 0 Å². The Bertz CT molecular complexity index is 1120. The number of nitrogens with one attached hydrogen (secondary N) is 1. The first kappa shape index (κ1) is 23.3. The lowest BCUT2D eigenvalue weighted by Crippen LogP contribution is -2.45. The number of anilines is 2. The van der Waals surface area contributed by atoms with Crippen molar-refractivity contribution in [3.63, 3.8) is 0 Å². The molecule has 0 bridgehead atoms. The number of thiophene rings is 1. The topological polar surface area (TPSA) is 92.8 Å². The van der Waals surface area contributed by atoms with Crippen LogP contribution in [-0.4, -0.2) is 39.7 Å². The number of rotatable bonds is 6. The molecule has 1 aromatic carbocycles. The number of ether oxygens (including phenoxy) is 1. The van der Waals surface area contributed by atoms with E-state index >= 15 is 0 Å². The minimum atomic E-state index is -3.73. The summed E-state index contributed by atoms with van der Waals surface area (Å²) in [6.07, 6.45) is 4.71. The molecule has 0 aliphatic heterocycles. The van der Waals surface area contributed by atoms with Crippen LogP contribution in [0.4, 0.5) is 10.7 Å². The standard InChI is InChI=1S/C22H28N2O5S2/c1-13-10-11-16(12-14(13)2)24(31(5,27)28)15(3)20(25)23-21-19(22(26)29-4)17-8-6-7-9-18(17)30-21/h10-12,15H,6-9H2,1-5H3,(H,23,25)/t15-/m0/s1. The van der Waals surface area contributed by atoms with Crippen LogP contribution in [0.5, 0.6) is 0 Å². The number of amides is 1. The van der Waals surface area contributed by atoms with Crippen LogP contribution < -0.4 is 9.62 Å². The molecular formula is C22H28N2O5S2. The second-order valence-electron chi connectivity index (χ2n) is 7.90. The number of sulfonamides is 1. The maximum atomic E-state index is 13.1. The van der Waals surface area contributed by atoms with Crippen LogP contribution in [0, 0.1) is 13.8 Å². The van der Waals surface area contributed by atoms with Crippen molar-refractivity contribution in [1.82, 2.24) is 0 Å². The third-order valence-corrected chi connectivity index (χ3v) is 8.08. The Hall–Kier alpha value is -2.39. The lowest BCUT2D eigenvalue weighted by atomic mass is 9.95. The molecule has 1 atom stereocenters. The van der Waals surface area contributed by atoms with Crippen molar-refractivity contribution in [2.45, 2.75) is 52.5 Å². The van der Waals surface area contributed by atoms with E-state index in [9.17, 15) is 18.0 Å². The van der Waals surface area contributed by atoms with Gasteiger partial charge in [0.1, 0.15) is 11.0 Å². The molecule has 0 saturated carbocycles. The molecule has 1 aliphatic carbocycles. The van der Waals surface area contributed by atoms with Gasteiger partial charge < -0.3 is 10.1 Å². The number of benzene rings is 1. The van der Waals surface area contributed by atoms with Gasteiger partial charge in [-0.1, -0.05) is 6.07 Å². The maximum absolute atomic E-state index is 13.1. The lowest BCUT2D eigenvalue weighted by Gasteiger charge is -2.28. The predicted molar refractivity (Wildman–Crippen MR) is 124 cm³/mol. The molecule has 168 valence electrons. The van der Waals surface area contributed by atoms with Crippen molar-refractivity contribution in [3.8, 4) is 0 Å². The molecule has 1 aliphatic rings. The summed E-state index contributed by atoms with van der Waals surface area (Å²) >= 11 is 1.37. The number of hydrogen-bond acceptors (Lipinski definition) is 6. The molecule has 0 saturated heterocycles. The average molecular weight is 465 g/mol. The number of fused-ring (bicyclic) bond motifs is 1. The zero-order valence-electron chi connectivity index (χ0n) is 18.4. The van der Waals surface area contributed by atoms with Crippen molar-refractivity contribution in [1.29, 1.82) is 0 Å². The molecule has 3 rings (SSSR count). The second-order valence-corrected chi connectivity index (χ2v) is 10.9. The van der Waals surface area contributed by atoms with E-state index in [2.05, 4.69) is 5.32 Å². The number of carbonyl (C=O) groups excluding carboxylic acids is 2. The molecule has 1 heterocycles. The third kappa shape index (κ3) is 4.77. The van der Waals surface area contributed by atoms with Crippen LogP contribution in [-0.2, 0) is 32.4 Å². The molecule has 2 aromatic rings. The number of esters is 1. The molecule has 1 aromatic heterocycles. The van der Waals surface area contributed by atoms with Crippen molar-refractivity contribution in [2.75, 3.05) is 23.0 Å². The summed E-state index contributed by atoms with van der Waals surface area (Å²) in [7, 11) is -2.42. The Labute approximate surface area is 187 Å². The number of hydrogen-bond donors (Lipinski definition) is 1. The maximum Gasteiger partial charge on any atom is 0.341 e. The number of carbonyl (C=O) groups is 2. The smallest absolute Gasteiger partial charge is 0.341 e. The van der Waals surface area contributed by atoms with Crippen molar-refractivity contribution < 1.29 is 22.7 Å². The number of methoxy groups -OCH3 is 1. The SMILES string of the molecule is COC(=O)c1c(NC(=O)[C@H](C)N(c2ccc(C)c(C)c2)S(C)(=O)=O)sc2c1CCCC2. The van der Waals surface area contributed by atoms with Crippen LogP contribution in [0.15, 0.2) is 18.2 Å². The highest BCUT2D eigenvalue weighted by Crippen LogP contribution is 2.38. The summed E-state index contributed by atoms with van der Waals surface area (Å²) < 4.78 is 31.2. The highest BCUT2D eigenvalue weighted by Gasteiger charge is 2.32. The second kappa shape index (κ2) is 9.00. The first-order valence-corrected chi connectivity index (χ1v) is 12.8. The van der Waals surface area contributed by atoms with Crippen molar-refractivity contribution in [2.24, 2.45) is 0 Å². The Morgan fingerprint density at radius 1 is 1.16 bits per heavy atom. The molecule has 1 amide bonds. The fourth-order valence-corrected chi connectivity index (χ4v) is 6.31. The van der Waals surface area contributed by atoms with Crippen LogP contribution >= 0.6 is 11.3 Å². The summed E-state index contributed by atoms with van der Waals surface area (Å²) in [5, 5.41) is 3.22.